The Kier molecular flexibility index (Phi) is 8.38. The molecule has 2 N–H and O–H groups in total. The van der Waals surface area contributed by atoms with E-state index >= 15 is 0 Å². The summed E-state index contributed by atoms with van der Waals surface area (Å²) in [4.78, 5) is 26.7. The number of rotatable bonds is 7. The molecule has 3 rings (SSSR count). The second-order valence-corrected chi connectivity index (χ2v) is 7.20. The van der Waals surface area contributed by atoms with E-state index in [1.54, 1.807) is 25.2 Å². The van der Waals surface area contributed by atoms with Crippen LogP contribution in [0.1, 0.15) is 32.1 Å². The molecule has 2 heterocycles. The molecule has 28 heavy (non-hydrogen) atoms. The molecule has 0 radical (unpaired) electrons. The quantitative estimate of drug-likeness (QED) is 0.718. The van der Waals surface area contributed by atoms with Gasteiger partial charge in [0.05, 0.1) is 19.9 Å². The summed E-state index contributed by atoms with van der Waals surface area (Å²) in [6, 6.07) is 4.93. The van der Waals surface area contributed by atoms with Gasteiger partial charge in [-0.3, -0.25) is 9.59 Å². The molecule has 0 saturated carbocycles. The number of anilines is 1. The largest absolute Gasteiger partial charge is 0.497 e. The van der Waals surface area contributed by atoms with E-state index in [4.69, 9.17) is 9.47 Å². The number of methoxy groups -OCH3 is 2. The Morgan fingerprint density at radius 3 is 2.39 bits per heavy atom. The average Bonchev–Trinajstić information content (AvgIpc) is 3.07. The van der Waals surface area contributed by atoms with Gasteiger partial charge in [0.25, 0.3) is 0 Å². The molecule has 2 aliphatic rings. The van der Waals surface area contributed by atoms with Gasteiger partial charge in [0.2, 0.25) is 11.8 Å². The normalized spacial score (nSPS) is 19.9. The van der Waals surface area contributed by atoms with Crippen LogP contribution in [-0.4, -0.2) is 51.7 Å². The monoisotopic (exact) mass is 411 g/mol. The number of hydrogen-bond acceptors (Lipinski definition) is 5. The summed E-state index contributed by atoms with van der Waals surface area (Å²) in [7, 11) is 3.16. The van der Waals surface area contributed by atoms with Gasteiger partial charge in [-0.2, -0.15) is 0 Å². The fourth-order valence-electron chi connectivity index (χ4n) is 3.79. The van der Waals surface area contributed by atoms with Gasteiger partial charge < -0.3 is 25.0 Å². The van der Waals surface area contributed by atoms with Crippen molar-refractivity contribution in [1.29, 1.82) is 0 Å². The van der Waals surface area contributed by atoms with Crippen LogP contribution in [0.3, 0.4) is 0 Å². The van der Waals surface area contributed by atoms with Crippen LogP contribution in [0.4, 0.5) is 5.69 Å². The highest BCUT2D eigenvalue weighted by Gasteiger charge is 2.34. The van der Waals surface area contributed by atoms with Crippen LogP contribution in [0.25, 0.3) is 0 Å². The van der Waals surface area contributed by atoms with Gasteiger partial charge >= 0.3 is 0 Å². The van der Waals surface area contributed by atoms with Crippen molar-refractivity contribution in [2.75, 3.05) is 38.8 Å². The number of piperidine rings is 1. The number of hydrogen-bond donors (Lipinski definition) is 2. The second-order valence-electron chi connectivity index (χ2n) is 7.20. The van der Waals surface area contributed by atoms with Crippen LogP contribution in [0, 0.1) is 5.92 Å². The van der Waals surface area contributed by atoms with Crippen molar-refractivity contribution in [2.24, 2.45) is 5.92 Å². The molecule has 2 fully saturated rings. The molecule has 1 aromatic carbocycles. The van der Waals surface area contributed by atoms with E-state index in [9.17, 15) is 9.59 Å². The third-order valence-electron chi connectivity index (χ3n) is 5.43. The van der Waals surface area contributed by atoms with Gasteiger partial charge in [0.1, 0.15) is 17.5 Å². The molecule has 1 atom stereocenters. The summed E-state index contributed by atoms with van der Waals surface area (Å²) in [5.41, 5.74) is 0.725. The van der Waals surface area contributed by atoms with E-state index in [0.717, 1.165) is 38.0 Å². The molecule has 8 heteroatoms. The lowest BCUT2D eigenvalue weighted by Crippen LogP contribution is -2.41. The molecule has 1 unspecified atom stereocenters. The predicted octanol–water partition coefficient (Wildman–Crippen LogP) is 2.13. The first-order valence-corrected chi connectivity index (χ1v) is 9.65. The zero-order chi connectivity index (χ0) is 19.2. The highest BCUT2D eigenvalue weighted by molar-refractivity contribution is 6.01. The number of carbonyl (C=O) groups is 2. The highest BCUT2D eigenvalue weighted by atomic mass is 35.5. The van der Waals surface area contributed by atoms with Crippen LogP contribution in [0.5, 0.6) is 11.5 Å². The summed E-state index contributed by atoms with van der Waals surface area (Å²) in [6.07, 6.45) is 4.24. The van der Waals surface area contributed by atoms with Gasteiger partial charge in [-0.05, 0) is 44.7 Å². The average molecular weight is 412 g/mol. The maximum Gasteiger partial charge on any atom is 0.249 e. The van der Waals surface area contributed by atoms with E-state index < -0.39 is 6.04 Å². The van der Waals surface area contributed by atoms with E-state index in [-0.39, 0.29) is 24.2 Å². The summed E-state index contributed by atoms with van der Waals surface area (Å²) in [6.45, 7) is 2.63. The van der Waals surface area contributed by atoms with Crippen molar-refractivity contribution >= 4 is 29.9 Å². The predicted molar refractivity (Wildman–Crippen MR) is 111 cm³/mol. The fraction of sp³-hybridized carbons (Fsp3) is 0.600. The van der Waals surface area contributed by atoms with Gasteiger partial charge in [-0.25, -0.2) is 0 Å². The Labute approximate surface area is 172 Å². The first-order chi connectivity index (χ1) is 13.1. The van der Waals surface area contributed by atoms with Crippen LogP contribution in [-0.2, 0) is 9.59 Å². The Bertz CT molecular complexity index is 657. The standard InChI is InChI=1S/C20H29N3O4.ClH/c1-26-16-11-15(12-17(13-16)27-2)23-10-7-18(20(23)25)22-19(24)4-3-14-5-8-21-9-6-14;/h11-14,18,21H,3-10H2,1-2H3,(H,22,24);1H. The summed E-state index contributed by atoms with van der Waals surface area (Å²) < 4.78 is 10.6. The van der Waals surface area contributed by atoms with Crippen LogP contribution in [0.15, 0.2) is 18.2 Å². The summed E-state index contributed by atoms with van der Waals surface area (Å²) >= 11 is 0. The minimum absolute atomic E-state index is 0. The Morgan fingerprint density at radius 2 is 1.79 bits per heavy atom. The van der Waals surface area contributed by atoms with Crippen molar-refractivity contribution < 1.29 is 19.1 Å². The number of halogens is 1. The van der Waals surface area contributed by atoms with Crippen molar-refractivity contribution in [3.05, 3.63) is 18.2 Å². The van der Waals surface area contributed by atoms with E-state index in [0.29, 0.717) is 36.8 Å². The smallest absolute Gasteiger partial charge is 0.249 e. The first-order valence-electron chi connectivity index (χ1n) is 9.65. The van der Waals surface area contributed by atoms with Crippen LogP contribution < -0.4 is 25.0 Å². The van der Waals surface area contributed by atoms with E-state index in [1.807, 2.05) is 12.1 Å². The molecule has 2 amide bonds. The molecule has 0 spiro atoms. The molecule has 7 nitrogen and oxygen atoms in total. The first kappa shape index (κ1) is 22.3. The second kappa shape index (κ2) is 10.5. The Morgan fingerprint density at radius 1 is 1.14 bits per heavy atom. The molecule has 2 aliphatic heterocycles. The topological polar surface area (TPSA) is 79.9 Å². The van der Waals surface area contributed by atoms with Crippen molar-refractivity contribution in [3.63, 3.8) is 0 Å². The zero-order valence-electron chi connectivity index (χ0n) is 16.5. The van der Waals surface area contributed by atoms with Gasteiger partial charge in [-0.1, -0.05) is 0 Å². The fourth-order valence-corrected chi connectivity index (χ4v) is 3.79. The lowest BCUT2D eigenvalue weighted by molar-refractivity contribution is -0.126. The Hall–Kier alpha value is -1.99. The number of nitrogens with one attached hydrogen (secondary N) is 2. The maximum absolute atomic E-state index is 12.8. The molecule has 0 bridgehead atoms. The summed E-state index contributed by atoms with van der Waals surface area (Å²) in [5, 5.41) is 6.25. The van der Waals surface area contributed by atoms with Crippen LogP contribution >= 0.6 is 12.4 Å². The molecule has 1 aromatic rings. The number of benzene rings is 1. The molecular formula is C20H30ClN3O4. The summed E-state index contributed by atoms with van der Waals surface area (Å²) in [5.74, 6) is 1.76. The Balaban J connectivity index is 0.00000280. The van der Waals surface area contributed by atoms with E-state index in [2.05, 4.69) is 10.6 Å². The molecular weight excluding hydrogens is 382 g/mol. The van der Waals surface area contributed by atoms with Gasteiger partial charge in [0.15, 0.2) is 0 Å². The lowest BCUT2D eigenvalue weighted by atomic mass is 9.93. The maximum atomic E-state index is 12.8. The van der Waals surface area contributed by atoms with Gasteiger partial charge in [0, 0.05) is 31.2 Å². The number of ether oxygens (including phenoxy) is 2. The molecule has 0 aromatic heterocycles. The lowest BCUT2D eigenvalue weighted by Gasteiger charge is -2.22. The van der Waals surface area contributed by atoms with E-state index in [1.165, 1.54) is 0 Å². The van der Waals surface area contributed by atoms with Crippen LogP contribution in [0.2, 0.25) is 0 Å². The third-order valence-corrected chi connectivity index (χ3v) is 5.43. The molecule has 2 saturated heterocycles. The number of nitrogens with zero attached hydrogens (tertiary/aromatic N) is 1. The SMILES string of the molecule is COc1cc(OC)cc(N2CCC(NC(=O)CCC3CCNCC3)C2=O)c1.Cl. The molecule has 156 valence electrons. The van der Waals surface area contributed by atoms with Crippen molar-refractivity contribution in [2.45, 2.75) is 38.1 Å². The van der Waals surface area contributed by atoms with Gasteiger partial charge in [-0.15, -0.1) is 12.4 Å². The minimum Gasteiger partial charge on any atom is -0.497 e. The zero-order valence-corrected chi connectivity index (χ0v) is 17.3. The number of amides is 2. The third kappa shape index (κ3) is 5.52. The van der Waals surface area contributed by atoms with Crippen molar-refractivity contribution in [1.82, 2.24) is 10.6 Å². The minimum atomic E-state index is -0.456. The highest BCUT2D eigenvalue weighted by Crippen LogP contribution is 2.31. The van der Waals surface area contributed by atoms with Crippen molar-refractivity contribution in [3.8, 4) is 11.5 Å². The number of carbonyl (C=O) groups excluding carboxylic acids is 2. The molecule has 0 aliphatic carbocycles.